The van der Waals surface area contributed by atoms with Crippen LogP contribution in [0, 0.1) is 0 Å². The zero-order chi connectivity index (χ0) is 14.1. The smallest absolute Gasteiger partial charge is 0.260 e. The topological polar surface area (TPSA) is 69.1 Å². The predicted molar refractivity (Wildman–Crippen MR) is 74.8 cm³/mol. The third kappa shape index (κ3) is 1.91. The first-order chi connectivity index (χ1) is 9.72. The molecule has 102 valence electrons. The van der Waals surface area contributed by atoms with Gasteiger partial charge in [0.05, 0.1) is 12.5 Å². The Morgan fingerprint density at radius 3 is 2.55 bits per heavy atom. The average molecular weight is 271 g/mol. The second kappa shape index (κ2) is 4.73. The summed E-state index contributed by atoms with van der Waals surface area (Å²) in [5.41, 5.74) is 1.09. The lowest BCUT2D eigenvalue weighted by atomic mass is 10.2. The highest BCUT2D eigenvalue weighted by Gasteiger charge is 2.10. The molecular weight excluding hydrogens is 258 g/mol. The van der Waals surface area contributed by atoms with Crippen molar-refractivity contribution in [2.24, 2.45) is 0 Å². The Hall–Kier alpha value is -2.76. The first-order valence-electron chi connectivity index (χ1n) is 6.03. The molecule has 0 atom stereocenters. The summed E-state index contributed by atoms with van der Waals surface area (Å²) in [6.45, 7) is 0. The van der Waals surface area contributed by atoms with Gasteiger partial charge < -0.3 is 14.6 Å². The summed E-state index contributed by atoms with van der Waals surface area (Å²) in [4.78, 5) is 24.4. The minimum absolute atomic E-state index is 0.198. The van der Waals surface area contributed by atoms with Gasteiger partial charge in [0.15, 0.2) is 5.65 Å². The zero-order valence-corrected chi connectivity index (χ0v) is 11.1. The Kier molecular flexibility index (Phi) is 2.90. The second-order valence-electron chi connectivity index (χ2n) is 4.20. The number of nitrogens with one attached hydrogen (secondary N) is 1. The van der Waals surface area contributed by atoms with Gasteiger partial charge in [-0.3, -0.25) is 4.79 Å². The van der Waals surface area contributed by atoms with Crippen molar-refractivity contribution in [1.29, 1.82) is 0 Å². The largest absolute Gasteiger partial charge is 0.497 e. The summed E-state index contributed by atoms with van der Waals surface area (Å²) in [6, 6.07) is 8.97. The molecule has 6 nitrogen and oxygen atoms in total. The number of hydrogen-bond donors (Lipinski definition) is 1. The van der Waals surface area contributed by atoms with Crippen LogP contribution in [0.15, 0.2) is 41.3 Å². The van der Waals surface area contributed by atoms with E-state index < -0.39 is 0 Å². The van der Waals surface area contributed by atoms with Gasteiger partial charge in [0.2, 0.25) is 0 Å². The molecule has 0 aliphatic carbocycles. The molecule has 0 saturated heterocycles. The molecule has 2 heterocycles. The van der Waals surface area contributed by atoms with E-state index in [0.717, 1.165) is 11.3 Å². The number of benzene rings is 1. The third-order valence-electron chi connectivity index (χ3n) is 3.08. The molecule has 0 fully saturated rings. The lowest BCUT2D eigenvalue weighted by Gasteiger charge is -2.05. The number of fused-ring (bicyclic) bond motifs is 1. The number of nitrogens with zero attached hydrogens (tertiary/aromatic N) is 2. The molecular formula is C14H13N3O3. The van der Waals surface area contributed by atoms with Crippen LogP contribution in [0.25, 0.3) is 22.4 Å². The molecule has 0 amide bonds. The molecule has 0 aliphatic rings. The molecule has 6 heteroatoms. The summed E-state index contributed by atoms with van der Waals surface area (Å²) in [7, 11) is 3.13. The molecule has 0 unspecified atom stereocenters. The number of aromatic amines is 1. The first kappa shape index (κ1) is 12.3. The van der Waals surface area contributed by atoms with E-state index in [9.17, 15) is 4.79 Å². The van der Waals surface area contributed by atoms with Gasteiger partial charge in [-0.25, -0.2) is 4.98 Å². The monoisotopic (exact) mass is 271 g/mol. The molecule has 0 aliphatic heterocycles. The Morgan fingerprint density at radius 1 is 1.15 bits per heavy atom. The van der Waals surface area contributed by atoms with Gasteiger partial charge in [0, 0.05) is 11.8 Å². The van der Waals surface area contributed by atoms with Crippen LogP contribution in [0.1, 0.15) is 0 Å². The number of ether oxygens (including phenoxy) is 1. The molecule has 0 saturated carbocycles. The van der Waals surface area contributed by atoms with Crippen LogP contribution in [0.3, 0.4) is 0 Å². The Morgan fingerprint density at radius 2 is 1.90 bits per heavy atom. The number of rotatable bonds is 3. The van der Waals surface area contributed by atoms with E-state index in [2.05, 4.69) is 9.97 Å². The van der Waals surface area contributed by atoms with E-state index in [4.69, 9.17) is 9.57 Å². The van der Waals surface area contributed by atoms with Gasteiger partial charge in [0.1, 0.15) is 18.7 Å². The highest BCUT2D eigenvalue weighted by atomic mass is 16.6. The van der Waals surface area contributed by atoms with Crippen LogP contribution in [-0.4, -0.2) is 28.9 Å². The molecule has 0 radical (unpaired) electrons. The quantitative estimate of drug-likeness (QED) is 0.783. The van der Waals surface area contributed by atoms with E-state index in [0.29, 0.717) is 16.9 Å². The van der Waals surface area contributed by atoms with Gasteiger partial charge in [0.25, 0.3) is 5.56 Å². The van der Waals surface area contributed by atoms with Crippen LogP contribution in [0.2, 0.25) is 0 Å². The SMILES string of the molecule is COc1ccc(-c2nc3c(ccn3OC)c(=O)[nH]2)cc1. The van der Waals surface area contributed by atoms with Crippen molar-refractivity contribution in [3.63, 3.8) is 0 Å². The van der Waals surface area contributed by atoms with Crippen molar-refractivity contribution in [2.45, 2.75) is 0 Å². The summed E-state index contributed by atoms with van der Waals surface area (Å²) in [5, 5.41) is 0.490. The summed E-state index contributed by atoms with van der Waals surface area (Å²) in [5.74, 6) is 1.24. The maximum absolute atomic E-state index is 12.0. The lowest BCUT2D eigenvalue weighted by molar-refractivity contribution is 0.177. The van der Waals surface area contributed by atoms with Crippen molar-refractivity contribution >= 4 is 11.0 Å². The normalized spacial score (nSPS) is 10.7. The fourth-order valence-electron chi connectivity index (χ4n) is 2.03. The number of hydrogen-bond acceptors (Lipinski definition) is 4. The van der Waals surface area contributed by atoms with Crippen molar-refractivity contribution in [3.05, 3.63) is 46.9 Å². The summed E-state index contributed by atoms with van der Waals surface area (Å²) < 4.78 is 6.56. The standard InChI is InChI=1S/C14H13N3O3/c1-19-10-5-3-9(4-6-10)12-15-13-11(14(18)16-12)7-8-17(13)20-2/h3-8H,1-2H3,(H,15,16,18). The van der Waals surface area contributed by atoms with E-state index in [1.807, 2.05) is 24.3 Å². The van der Waals surface area contributed by atoms with Crippen molar-refractivity contribution in [2.75, 3.05) is 14.2 Å². The molecule has 20 heavy (non-hydrogen) atoms. The van der Waals surface area contributed by atoms with Crippen molar-refractivity contribution < 1.29 is 9.57 Å². The van der Waals surface area contributed by atoms with E-state index in [-0.39, 0.29) is 5.56 Å². The maximum Gasteiger partial charge on any atom is 0.260 e. The third-order valence-corrected chi connectivity index (χ3v) is 3.08. The van der Waals surface area contributed by atoms with E-state index in [1.165, 1.54) is 11.8 Å². The number of methoxy groups -OCH3 is 1. The van der Waals surface area contributed by atoms with Crippen LogP contribution in [0.4, 0.5) is 0 Å². The maximum atomic E-state index is 12.0. The van der Waals surface area contributed by atoms with Gasteiger partial charge in [-0.1, -0.05) is 0 Å². The van der Waals surface area contributed by atoms with Crippen LogP contribution in [0.5, 0.6) is 5.75 Å². The minimum Gasteiger partial charge on any atom is -0.497 e. The highest BCUT2D eigenvalue weighted by molar-refractivity contribution is 5.77. The molecule has 1 aromatic carbocycles. The lowest BCUT2D eigenvalue weighted by Crippen LogP contribution is -2.12. The second-order valence-corrected chi connectivity index (χ2v) is 4.20. The Bertz CT molecular complexity index is 803. The molecule has 2 aromatic heterocycles. The average Bonchev–Trinajstić information content (AvgIpc) is 2.91. The van der Waals surface area contributed by atoms with Crippen LogP contribution in [-0.2, 0) is 0 Å². The Labute approximate surface area is 114 Å². The van der Waals surface area contributed by atoms with E-state index in [1.54, 1.807) is 19.4 Å². The minimum atomic E-state index is -0.198. The summed E-state index contributed by atoms with van der Waals surface area (Å²) in [6.07, 6.45) is 1.66. The number of aromatic nitrogens is 3. The molecule has 3 rings (SSSR count). The molecule has 3 aromatic rings. The summed E-state index contributed by atoms with van der Waals surface area (Å²) >= 11 is 0. The van der Waals surface area contributed by atoms with Gasteiger partial charge in [-0.2, -0.15) is 4.73 Å². The van der Waals surface area contributed by atoms with Gasteiger partial charge in [-0.05, 0) is 30.3 Å². The highest BCUT2D eigenvalue weighted by Crippen LogP contribution is 2.19. The number of H-pyrrole nitrogens is 1. The van der Waals surface area contributed by atoms with Gasteiger partial charge >= 0.3 is 0 Å². The van der Waals surface area contributed by atoms with Crippen LogP contribution >= 0.6 is 0 Å². The molecule has 0 bridgehead atoms. The van der Waals surface area contributed by atoms with E-state index >= 15 is 0 Å². The molecule has 0 spiro atoms. The van der Waals surface area contributed by atoms with Crippen LogP contribution < -0.4 is 15.1 Å². The molecule has 1 N–H and O–H groups in total. The first-order valence-corrected chi connectivity index (χ1v) is 6.03. The zero-order valence-electron chi connectivity index (χ0n) is 11.1. The fraction of sp³-hybridized carbons (Fsp3) is 0.143. The van der Waals surface area contributed by atoms with Crippen molar-refractivity contribution in [1.82, 2.24) is 14.7 Å². The Balaban J connectivity index is 2.17. The predicted octanol–water partition coefficient (Wildman–Crippen LogP) is 1.46. The fourth-order valence-corrected chi connectivity index (χ4v) is 2.03. The van der Waals surface area contributed by atoms with Crippen molar-refractivity contribution in [3.8, 4) is 17.1 Å². The van der Waals surface area contributed by atoms with Gasteiger partial charge in [-0.15, -0.1) is 0 Å².